The number of halogens is 2. The second kappa shape index (κ2) is 9.87. The van der Waals surface area contributed by atoms with Crippen molar-refractivity contribution < 1.29 is 23.0 Å². The highest BCUT2D eigenvalue weighted by Gasteiger charge is 2.14. The van der Waals surface area contributed by atoms with Gasteiger partial charge in [0.2, 0.25) is 0 Å². The Bertz CT molecular complexity index is 991. The highest BCUT2D eigenvalue weighted by molar-refractivity contribution is 5.94. The third kappa shape index (κ3) is 5.34. The maximum absolute atomic E-state index is 12.4. The number of hydrogen-bond acceptors (Lipinski definition) is 4. The predicted octanol–water partition coefficient (Wildman–Crippen LogP) is 4.15. The largest absolute Gasteiger partial charge is 0.493 e. The Morgan fingerprint density at radius 3 is 2.63 bits per heavy atom. The molecule has 0 saturated carbocycles. The number of nitrogens with zero attached hydrogens (tertiary/aromatic N) is 2. The van der Waals surface area contributed by atoms with Crippen molar-refractivity contribution in [1.82, 2.24) is 15.1 Å². The molecule has 3 aromatic rings. The van der Waals surface area contributed by atoms with Crippen molar-refractivity contribution in [1.29, 1.82) is 0 Å². The number of aryl methyl sites for hydroxylation is 2. The molecule has 0 bridgehead atoms. The first-order valence-electron chi connectivity index (χ1n) is 9.49. The predicted molar refractivity (Wildman–Crippen MR) is 109 cm³/mol. The number of methoxy groups -OCH3 is 1. The monoisotopic (exact) mass is 415 g/mol. The average Bonchev–Trinajstić information content (AvgIpc) is 3.12. The Kier molecular flexibility index (Phi) is 7.00. The van der Waals surface area contributed by atoms with Gasteiger partial charge in [-0.3, -0.25) is 4.79 Å². The lowest BCUT2D eigenvalue weighted by Gasteiger charge is -2.11. The van der Waals surface area contributed by atoms with Crippen molar-refractivity contribution in [3.8, 4) is 17.2 Å². The molecule has 0 aliphatic rings. The fourth-order valence-corrected chi connectivity index (χ4v) is 3.04. The molecule has 0 unspecified atom stereocenters. The first kappa shape index (κ1) is 21.3. The topological polar surface area (TPSA) is 65.4 Å². The minimum atomic E-state index is -2.96. The summed E-state index contributed by atoms with van der Waals surface area (Å²) in [6, 6.07) is 13.9. The van der Waals surface area contributed by atoms with Gasteiger partial charge in [-0.1, -0.05) is 18.2 Å². The molecular weight excluding hydrogens is 392 g/mol. The Labute approximate surface area is 173 Å². The van der Waals surface area contributed by atoms with E-state index in [0.29, 0.717) is 12.1 Å². The van der Waals surface area contributed by atoms with E-state index in [4.69, 9.17) is 4.74 Å². The number of carbonyl (C=O) groups excluding carboxylic acids is 1. The van der Waals surface area contributed by atoms with E-state index in [9.17, 15) is 13.6 Å². The summed E-state index contributed by atoms with van der Waals surface area (Å²) in [6.07, 6.45) is 3.50. The van der Waals surface area contributed by atoms with Crippen LogP contribution < -0.4 is 14.8 Å². The van der Waals surface area contributed by atoms with Crippen LogP contribution in [0, 0.1) is 6.92 Å². The van der Waals surface area contributed by atoms with E-state index in [1.807, 2.05) is 48.1 Å². The number of alkyl halides is 2. The maximum Gasteiger partial charge on any atom is 0.387 e. The Morgan fingerprint density at radius 2 is 1.93 bits per heavy atom. The molecule has 1 N–H and O–H groups in total. The molecule has 3 rings (SSSR count). The van der Waals surface area contributed by atoms with Crippen LogP contribution >= 0.6 is 0 Å². The minimum Gasteiger partial charge on any atom is -0.493 e. The third-order valence-electron chi connectivity index (χ3n) is 4.57. The summed E-state index contributed by atoms with van der Waals surface area (Å²) in [5.74, 6) is -0.351. The average molecular weight is 415 g/mol. The lowest BCUT2D eigenvalue weighted by molar-refractivity contribution is -0.0512. The number of ether oxygens (including phenoxy) is 2. The Balaban J connectivity index is 1.53. The second-order valence-corrected chi connectivity index (χ2v) is 6.62. The van der Waals surface area contributed by atoms with Crippen LogP contribution in [0.25, 0.3) is 5.69 Å². The summed E-state index contributed by atoms with van der Waals surface area (Å²) in [7, 11) is 1.33. The molecule has 0 atom stereocenters. The molecule has 1 aromatic heterocycles. The number of amides is 1. The van der Waals surface area contributed by atoms with E-state index in [2.05, 4.69) is 15.2 Å². The zero-order chi connectivity index (χ0) is 21.5. The van der Waals surface area contributed by atoms with Crippen molar-refractivity contribution >= 4 is 5.91 Å². The SMILES string of the molecule is COc1cc(C(=O)NCCCc2cn(-c3ccccc3)nc2C)ccc1OC(F)F. The van der Waals surface area contributed by atoms with E-state index in [-0.39, 0.29) is 17.4 Å². The summed E-state index contributed by atoms with van der Waals surface area (Å²) in [5, 5.41) is 7.37. The number of para-hydroxylation sites is 1. The standard InChI is InChI=1S/C22H23F2N3O3/c1-15-17(14-27(26-15)18-8-4-3-5-9-18)7-6-12-25-21(28)16-10-11-19(30-22(23)24)20(13-16)29-2/h3-5,8-11,13-14,22H,6-7,12H2,1-2H3,(H,25,28). The minimum absolute atomic E-state index is 0.0758. The molecule has 6 nitrogen and oxygen atoms in total. The van der Waals surface area contributed by atoms with Gasteiger partial charge in [0.1, 0.15) is 0 Å². The highest BCUT2D eigenvalue weighted by atomic mass is 19.3. The smallest absolute Gasteiger partial charge is 0.387 e. The van der Waals surface area contributed by atoms with Gasteiger partial charge in [-0.25, -0.2) is 4.68 Å². The van der Waals surface area contributed by atoms with Gasteiger partial charge in [0, 0.05) is 18.3 Å². The molecule has 30 heavy (non-hydrogen) atoms. The first-order valence-corrected chi connectivity index (χ1v) is 9.49. The van der Waals surface area contributed by atoms with Crippen molar-refractivity contribution in [2.45, 2.75) is 26.4 Å². The lowest BCUT2D eigenvalue weighted by Crippen LogP contribution is -2.24. The van der Waals surface area contributed by atoms with Crippen molar-refractivity contribution in [3.63, 3.8) is 0 Å². The van der Waals surface area contributed by atoms with Gasteiger partial charge >= 0.3 is 6.61 Å². The molecule has 1 amide bonds. The zero-order valence-corrected chi connectivity index (χ0v) is 16.8. The number of rotatable bonds is 9. The molecule has 0 spiro atoms. The summed E-state index contributed by atoms with van der Waals surface area (Å²) < 4.78 is 36.0. The summed E-state index contributed by atoms with van der Waals surface area (Å²) in [6.45, 7) is -0.539. The van der Waals surface area contributed by atoms with Gasteiger partial charge in [-0.05, 0) is 55.7 Å². The number of carbonyl (C=O) groups is 1. The zero-order valence-electron chi connectivity index (χ0n) is 16.8. The van der Waals surface area contributed by atoms with Crippen molar-refractivity contribution in [2.24, 2.45) is 0 Å². The number of nitrogens with one attached hydrogen (secondary N) is 1. The molecule has 8 heteroatoms. The van der Waals surface area contributed by atoms with Crippen LogP contribution in [0.4, 0.5) is 8.78 Å². The normalized spacial score (nSPS) is 10.8. The first-order chi connectivity index (χ1) is 14.5. The Hall–Kier alpha value is -3.42. The fraction of sp³-hybridized carbons (Fsp3) is 0.273. The van der Waals surface area contributed by atoms with Gasteiger partial charge in [0.15, 0.2) is 11.5 Å². The third-order valence-corrected chi connectivity index (χ3v) is 4.57. The number of aromatic nitrogens is 2. The van der Waals surface area contributed by atoms with Crippen LogP contribution in [0.1, 0.15) is 28.0 Å². The highest BCUT2D eigenvalue weighted by Crippen LogP contribution is 2.29. The van der Waals surface area contributed by atoms with E-state index in [0.717, 1.165) is 29.8 Å². The summed E-state index contributed by atoms with van der Waals surface area (Å²) >= 11 is 0. The molecule has 158 valence electrons. The van der Waals surface area contributed by atoms with Crippen LogP contribution in [-0.2, 0) is 6.42 Å². The molecular formula is C22H23F2N3O3. The van der Waals surface area contributed by atoms with Crippen molar-refractivity contribution in [3.05, 3.63) is 71.5 Å². The van der Waals surface area contributed by atoms with E-state index in [1.54, 1.807) is 0 Å². The lowest BCUT2D eigenvalue weighted by atomic mass is 10.1. The summed E-state index contributed by atoms with van der Waals surface area (Å²) in [5.41, 5.74) is 3.36. The molecule has 0 saturated heterocycles. The number of benzene rings is 2. The molecule has 0 fully saturated rings. The maximum atomic E-state index is 12.4. The van der Waals surface area contributed by atoms with Gasteiger partial charge in [0.05, 0.1) is 18.5 Å². The van der Waals surface area contributed by atoms with Gasteiger partial charge < -0.3 is 14.8 Å². The molecule has 2 aromatic carbocycles. The van der Waals surface area contributed by atoms with Gasteiger partial charge in [0.25, 0.3) is 5.91 Å². The van der Waals surface area contributed by atoms with E-state index in [1.165, 1.54) is 25.3 Å². The van der Waals surface area contributed by atoms with E-state index >= 15 is 0 Å². The van der Waals surface area contributed by atoms with Crippen LogP contribution in [0.2, 0.25) is 0 Å². The van der Waals surface area contributed by atoms with Gasteiger partial charge in [-0.15, -0.1) is 0 Å². The van der Waals surface area contributed by atoms with Crippen molar-refractivity contribution in [2.75, 3.05) is 13.7 Å². The molecule has 0 aliphatic carbocycles. The van der Waals surface area contributed by atoms with Crippen LogP contribution in [0.15, 0.2) is 54.7 Å². The van der Waals surface area contributed by atoms with Crippen LogP contribution in [-0.4, -0.2) is 36.0 Å². The molecule has 0 radical (unpaired) electrons. The van der Waals surface area contributed by atoms with E-state index < -0.39 is 6.61 Å². The fourth-order valence-electron chi connectivity index (χ4n) is 3.04. The quantitative estimate of drug-likeness (QED) is 0.533. The molecule has 0 aliphatic heterocycles. The van der Waals surface area contributed by atoms with Crippen LogP contribution in [0.3, 0.4) is 0 Å². The summed E-state index contributed by atoms with van der Waals surface area (Å²) in [4.78, 5) is 12.3. The number of hydrogen-bond donors (Lipinski definition) is 1. The Morgan fingerprint density at radius 1 is 1.17 bits per heavy atom. The molecule has 1 heterocycles. The van der Waals surface area contributed by atoms with Gasteiger partial charge in [-0.2, -0.15) is 13.9 Å². The second-order valence-electron chi connectivity index (χ2n) is 6.62. The van der Waals surface area contributed by atoms with Crippen LogP contribution in [0.5, 0.6) is 11.5 Å².